The molecule has 2 rings (SSSR count). The van der Waals surface area contributed by atoms with Crippen LogP contribution in [0.1, 0.15) is 13.8 Å². The summed E-state index contributed by atoms with van der Waals surface area (Å²) in [5.41, 5.74) is 0.727. The van der Waals surface area contributed by atoms with Gasteiger partial charge in [-0.2, -0.15) is 0 Å². The molecule has 0 aromatic heterocycles. The van der Waals surface area contributed by atoms with Crippen LogP contribution in [0.3, 0.4) is 0 Å². The minimum Gasteiger partial charge on any atom is -0.478 e. The van der Waals surface area contributed by atoms with Crippen molar-refractivity contribution in [1.82, 2.24) is 0 Å². The lowest BCUT2D eigenvalue weighted by Gasteiger charge is -2.13. The zero-order chi connectivity index (χ0) is 21.6. The van der Waals surface area contributed by atoms with Gasteiger partial charge in [-0.3, -0.25) is 9.59 Å². The van der Waals surface area contributed by atoms with Crippen LogP contribution < -0.4 is 10.6 Å². The van der Waals surface area contributed by atoms with Gasteiger partial charge in [0.05, 0.1) is 10.3 Å². The Hall–Kier alpha value is -2.84. The van der Waals surface area contributed by atoms with Crippen LogP contribution in [-0.4, -0.2) is 28.1 Å². The third-order valence-corrected chi connectivity index (χ3v) is 5.09. The van der Waals surface area contributed by atoms with Crippen molar-refractivity contribution in [2.75, 3.05) is 10.6 Å². The molecule has 6 nitrogen and oxygen atoms in total. The van der Waals surface area contributed by atoms with E-state index in [9.17, 15) is 18.8 Å². The molecule has 1 atom stereocenters. The largest absolute Gasteiger partial charge is 0.478 e. The van der Waals surface area contributed by atoms with Crippen LogP contribution in [0.25, 0.3) is 0 Å². The third kappa shape index (κ3) is 6.92. The van der Waals surface area contributed by atoms with E-state index in [2.05, 4.69) is 10.6 Å². The molecule has 152 valence electrons. The molecule has 0 saturated carbocycles. The van der Waals surface area contributed by atoms with Crippen LogP contribution in [0.2, 0.25) is 5.02 Å². The molecule has 9 heteroatoms. The molecular weight excluding hydrogens is 419 g/mol. The average Bonchev–Trinajstić information content (AvgIpc) is 2.66. The highest BCUT2D eigenvalue weighted by atomic mass is 35.5. The fourth-order valence-electron chi connectivity index (χ4n) is 2.13. The summed E-state index contributed by atoms with van der Waals surface area (Å²) in [6, 6.07) is 10.8. The van der Waals surface area contributed by atoms with E-state index < -0.39 is 22.9 Å². The molecule has 0 radical (unpaired) electrons. The molecule has 0 aliphatic rings. The first-order chi connectivity index (χ1) is 13.7. The number of hydrogen-bond acceptors (Lipinski definition) is 4. The second-order valence-corrected chi connectivity index (χ2v) is 7.85. The molecule has 0 aliphatic carbocycles. The van der Waals surface area contributed by atoms with E-state index in [1.54, 1.807) is 31.2 Å². The molecule has 0 bridgehead atoms. The van der Waals surface area contributed by atoms with Crippen LogP contribution in [0.5, 0.6) is 0 Å². The summed E-state index contributed by atoms with van der Waals surface area (Å²) in [6.45, 7) is 3.04. The maximum Gasteiger partial charge on any atom is 0.331 e. The van der Waals surface area contributed by atoms with Gasteiger partial charge < -0.3 is 15.7 Å². The molecular formula is C20H18ClFN2O4S. The lowest BCUT2D eigenvalue weighted by atomic mass is 10.2. The summed E-state index contributed by atoms with van der Waals surface area (Å²) in [7, 11) is 0. The monoisotopic (exact) mass is 436 g/mol. The van der Waals surface area contributed by atoms with E-state index in [1.165, 1.54) is 30.8 Å². The summed E-state index contributed by atoms with van der Waals surface area (Å²) in [5.74, 6) is -2.63. The number of nitrogens with one attached hydrogen (secondary N) is 2. The number of anilines is 2. The Morgan fingerprint density at radius 3 is 2.31 bits per heavy atom. The Labute approximate surface area is 176 Å². The first-order valence-electron chi connectivity index (χ1n) is 8.41. The van der Waals surface area contributed by atoms with Gasteiger partial charge >= 0.3 is 5.97 Å². The van der Waals surface area contributed by atoms with Crippen molar-refractivity contribution in [3.05, 3.63) is 65.0 Å². The van der Waals surface area contributed by atoms with Gasteiger partial charge in [0.2, 0.25) is 11.8 Å². The van der Waals surface area contributed by atoms with Crippen molar-refractivity contribution in [1.29, 1.82) is 0 Å². The normalized spacial score (nSPS) is 12.2. The van der Waals surface area contributed by atoms with E-state index in [-0.39, 0.29) is 16.5 Å². The highest BCUT2D eigenvalue weighted by molar-refractivity contribution is 8.00. The summed E-state index contributed by atoms with van der Waals surface area (Å²) < 4.78 is 13.5. The summed E-state index contributed by atoms with van der Waals surface area (Å²) in [5, 5.41) is 13.5. The van der Waals surface area contributed by atoms with Gasteiger partial charge in [0.25, 0.3) is 0 Å². The predicted molar refractivity (Wildman–Crippen MR) is 112 cm³/mol. The number of rotatable bonds is 7. The molecule has 0 fully saturated rings. The molecule has 3 N–H and O–H groups in total. The van der Waals surface area contributed by atoms with Crippen molar-refractivity contribution in [2.24, 2.45) is 0 Å². The third-order valence-electron chi connectivity index (χ3n) is 3.68. The zero-order valence-electron chi connectivity index (χ0n) is 15.5. The Morgan fingerprint density at radius 1 is 1.10 bits per heavy atom. The molecule has 0 unspecified atom stereocenters. The van der Waals surface area contributed by atoms with Gasteiger partial charge in [0, 0.05) is 27.9 Å². The Balaban J connectivity index is 1.93. The maximum atomic E-state index is 13.5. The lowest BCUT2D eigenvalue weighted by molar-refractivity contribution is -0.132. The standard InChI is InChI=1S/C20H18ClFN2O4S/c1-11(20(27)28)9-18(25)23-13-3-6-15(7-4-13)29-12(2)19(26)24-14-5-8-16(21)17(22)10-14/h3-10,12H,1-2H3,(H,23,25)(H,24,26)(H,27,28)/b11-9+/t12-/m1/s1. The van der Waals surface area contributed by atoms with Gasteiger partial charge in [-0.25, -0.2) is 9.18 Å². The van der Waals surface area contributed by atoms with Crippen molar-refractivity contribution in [2.45, 2.75) is 24.0 Å². The molecule has 2 aromatic rings. The lowest BCUT2D eigenvalue weighted by Crippen LogP contribution is -2.22. The topological polar surface area (TPSA) is 95.5 Å². The smallest absolute Gasteiger partial charge is 0.331 e. The van der Waals surface area contributed by atoms with Crippen LogP contribution in [0, 0.1) is 5.82 Å². The summed E-state index contributed by atoms with van der Waals surface area (Å²) in [6.07, 6.45) is 0.997. The Kier molecular flexibility index (Phi) is 7.81. The van der Waals surface area contributed by atoms with E-state index in [4.69, 9.17) is 16.7 Å². The number of amides is 2. The Morgan fingerprint density at radius 2 is 1.72 bits per heavy atom. The van der Waals surface area contributed by atoms with Crippen molar-refractivity contribution in [3.63, 3.8) is 0 Å². The van der Waals surface area contributed by atoms with Crippen molar-refractivity contribution in [3.8, 4) is 0 Å². The molecule has 0 heterocycles. The molecule has 2 aromatic carbocycles. The van der Waals surface area contributed by atoms with E-state index in [0.717, 1.165) is 17.0 Å². The number of carboxylic acids is 1. The SMILES string of the molecule is C/C(=C\C(=O)Nc1ccc(S[C@H](C)C(=O)Nc2ccc(Cl)c(F)c2)cc1)C(=O)O. The molecule has 2 amide bonds. The number of aliphatic carboxylic acids is 1. The second kappa shape index (κ2) is 10.1. The number of carbonyl (C=O) groups is 3. The zero-order valence-corrected chi connectivity index (χ0v) is 17.1. The fourth-order valence-corrected chi connectivity index (χ4v) is 3.11. The number of thioether (sulfide) groups is 1. The number of hydrogen-bond donors (Lipinski definition) is 3. The predicted octanol–water partition coefficient (Wildman–Crippen LogP) is 4.57. The van der Waals surface area contributed by atoms with Crippen LogP contribution in [0.4, 0.5) is 15.8 Å². The van der Waals surface area contributed by atoms with E-state index >= 15 is 0 Å². The highest BCUT2D eigenvalue weighted by Gasteiger charge is 2.15. The van der Waals surface area contributed by atoms with E-state index in [1.807, 2.05) is 0 Å². The summed E-state index contributed by atoms with van der Waals surface area (Å²) >= 11 is 6.91. The van der Waals surface area contributed by atoms with Gasteiger partial charge in [-0.05, 0) is 56.3 Å². The average molecular weight is 437 g/mol. The minimum absolute atomic E-state index is 0.0220. The van der Waals surface area contributed by atoms with Crippen LogP contribution in [-0.2, 0) is 14.4 Å². The van der Waals surface area contributed by atoms with Gasteiger partial charge in [-0.1, -0.05) is 11.6 Å². The van der Waals surface area contributed by atoms with Crippen molar-refractivity contribution >= 4 is 52.5 Å². The van der Waals surface area contributed by atoms with Gasteiger partial charge in [0.1, 0.15) is 5.82 Å². The van der Waals surface area contributed by atoms with Gasteiger partial charge in [-0.15, -0.1) is 11.8 Å². The first kappa shape index (κ1) is 22.4. The number of carboxylic acid groups (broad SMARTS) is 1. The number of halogens is 2. The molecule has 0 aliphatic heterocycles. The number of benzene rings is 2. The Bertz CT molecular complexity index is 963. The second-order valence-electron chi connectivity index (χ2n) is 6.02. The van der Waals surface area contributed by atoms with Crippen molar-refractivity contribution < 1.29 is 23.9 Å². The summed E-state index contributed by atoms with van der Waals surface area (Å²) in [4.78, 5) is 35.5. The molecule has 29 heavy (non-hydrogen) atoms. The first-order valence-corrected chi connectivity index (χ1v) is 9.66. The molecule has 0 saturated heterocycles. The minimum atomic E-state index is -1.17. The van der Waals surface area contributed by atoms with Gasteiger partial charge in [0.15, 0.2) is 0 Å². The highest BCUT2D eigenvalue weighted by Crippen LogP contribution is 2.26. The maximum absolute atomic E-state index is 13.5. The quantitative estimate of drug-likeness (QED) is 0.436. The van der Waals surface area contributed by atoms with Crippen LogP contribution >= 0.6 is 23.4 Å². The molecule has 0 spiro atoms. The fraction of sp³-hybridized carbons (Fsp3) is 0.150. The van der Waals surface area contributed by atoms with Crippen LogP contribution in [0.15, 0.2) is 59.0 Å². The van der Waals surface area contributed by atoms with E-state index in [0.29, 0.717) is 11.4 Å². The number of carbonyl (C=O) groups excluding carboxylic acids is 2.